The minimum Gasteiger partial charge on any atom is -0.451 e. The average Bonchev–Trinajstić information content (AvgIpc) is 3.10. The Labute approximate surface area is 175 Å². The van der Waals surface area contributed by atoms with Crippen LogP contribution in [0.4, 0.5) is 0 Å². The molecule has 4 nitrogen and oxygen atoms in total. The van der Waals surface area contributed by atoms with Gasteiger partial charge >= 0.3 is 0 Å². The second-order valence-electron chi connectivity index (χ2n) is 8.78. The summed E-state index contributed by atoms with van der Waals surface area (Å²) in [5.41, 5.74) is 0.912. The van der Waals surface area contributed by atoms with Gasteiger partial charge in [-0.3, -0.25) is 10.1 Å². The highest BCUT2D eigenvalue weighted by Crippen LogP contribution is 2.55. The molecule has 6 rings (SSSR count). The summed E-state index contributed by atoms with van der Waals surface area (Å²) in [6.07, 6.45) is 7.65. The summed E-state index contributed by atoms with van der Waals surface area (Å²) in [7, 11) is 0. The zero-order valence-electron chi connectivity index (χ0n) is 15.5. The standard InChI is InChI=1S/C22H23ClN2O2S/c23-17-3-1-2-16(9-17)18-4-5-19(27-18)20(26)24-21(28)25-22-10-13-6-14(11-22)8-15(7-13)12-22/h1-5,9,13-15H,6-8,10-12H2,(H2,24,25,26,28). The molecule has 1 amide bonds. The van der Waals surface area contributed by atoms with Crippen molar-refractivity contribution in [2.45, 2.75) is 44.1 Å². The van der Waals surface area contributed by atoms with Crippen LogP contribution in [0, 0.1) is 17.8 Å². The summed E-state index contributed by atoms with van der Waals surface area (Å²) < 4.78 is 5.72. The predicted molar refractivity (Wildman–Crippen MR) is 113 cm³/mol. The first-order chi connectivity index (χ1) is 13.5. The van der Waals surface area contributed by atoms with Crippen LogP contribution in [-0.4, -0.2) is 16.6 Å². The lowest BCUT2D eigenvalue weighted by Crippen LogP contribution is -2.61. The lowest BCUT2D eigenvalue weighted by atomic mass is 9.53. The van der Waals surface area contributed by atoms with Gasteiger partial charge in [-0.2, -0.15) is 0 Å². The Kier molecular flexibility index (Phi) is 4.48. The third kappa shape index (κ3) is 3.46. The van der Waals surface area contributed by atoms with Gasteiger partial charge in [0.05, 0.1) is 0 Å². The molecule has 4 fully saturated rings. The highest BCUT2D eigenvalue weighted by molar-refractivity contribution is 7.80. The lowest BCUT2D eigenvalue weighted by molar-refractivity contribution is -0.0101. The van der Waals surface area contributed by atoms with Gasteiger partial charge < -0.3 is 9.73 Å². The number of thiocarbonyl (C=S) groups is 1. The number of halogens is 1. The molecule has 4 saturated carbocycles. The highest BCUT2D eigenvalue weighted by Gasteiger charge is 2.51. The maximum absolute atomic E-state index is 12.6. The molecule has 1 heterocycles. The molecule has 6 heteroatoms. The van der Waals surface area contributed by atoms with E-state index in [0.29, 0.717) is 15.9 Å². The van der Waals surface area contributed by atoms with E-state index in [9.17, 15) is 4.79 Å². The van der Waals surface area contributed by atoms with Crippen molar-refractivity contribution < 1.29 is 9.21 Å². The first-order valence-electron chi connectivity index (χ1n) is 9.97. The minimum atomic E-state index is -0.324. The van der Waals surface area contributed by atoms with Crippen LogP contribution < -0.4 is 10.6 Å². The van der Waals surface area contributed by atoms with Crippen molar-refractivity contribution in [3.8, 4) is 11.3 Å². The number of carbonyl (C=O) groups excluding carboxylic acids is 1. The molecule has 146 valence electrons. The van der Waals surface area contributed by atoms with Crippen LogP contribution in [0.1, 0.15) is 49.1 Å². The van der Waals surface area contributed by atoms with Crippen molar-refractivity contribution >= 4 is 34.8 Å². The number of hydrogen-bond acceptors (Lipinski definition) is 3. The van der Waals surface area contributed by atoms with Crippen molar-refractivity contribution in [2.75, 3.05) is 0 Å². The first-order valence-corrected chi connectivity index (χ1v) is 10.8. The topological polar surface area (TPSA) is 54.3 Å². The maximum Gasteiger partial charge on any atom is 0.293 e. The molecule has 0 radical (unpaired) electrons. The van der Waals surface area contributed by atoms with Crippen LogP contribution in [0.5, 0.6) is 0 Å². The van der Waals surface area contributed by atoms with Gasteiger partial charge in [0, 0.05) is 16.1 Å². The quantitative estimate of drug-likeness (QED) is 0.680. The molecule has 2 N–H and O–H groups in total. The Balaban J connectivity index is 1.24. The third-order valence-corrected chi connectivity index (χ3v) is 7.02. The molecule has 2 aromatic rings. The average molecular weight is 415 g/mol. The summed E-state index contributed by atoms with van der Waals surface area (Å²) in [6.45, 7) is 0. The number of hydrogen-bond donors (Lipinski definition) is 2. The Morgan fingerprint density at radius 1 is 1.07 bits per heavy atom. The van der Waals surface area contributed by atoms with E-state index in [4.69, 9.17) is 28.2 Å². The number of carbonyl (C=O) groups is 1. The molecule has 0 atom stereocenters. The van der Waals surface area contributed by atoms with Crippen LogP contribution >= 0.6 is 23.8 Å². The van der Waals surface area contributed by atoms with Gasteiger partial charge in [-0.1, -0.05) is 23.7 Å². The minimum absolute atomic E-state index is 0.0776. The number of nitrogens with one attached hydrogen (secondary N) is 2. The smallest absolute Gasteiger partial charge is 0.293 e. The molecule has 4 aliphatic carbocycles. The van der Waals surface area contributed by atoms with Crippen LogP contribution in [0.25, 0.3) is 11.3 Å². The summed E-state index contributed by atoms with van der Waals surface area (Å²) in [4.78, 5) is 12.6. The Morgan fingerprint density at radius 3 is 2.39 bits per heavy atom. The van der Waals surface area contributed by atoms with Gasteiger partial charge in [-0.25, -0.2) is 0 Å². The number of rotatable bonds is 3. The van der Waals surface area contributed by atoms with E-state index < -0.39 is 0 Å². The number of amides is 1. The van der Waals surface area contributed by atoms with Gasteiger partial charge in [0.15, 0.2) is 10.9 Å². The molecule has 4 aliphatic rings. The fourth-order valence-corrected chi connectivity index (χ4v) is 6.46. The van der Waals surface area contributed by atoms with Crippen molar-refractivity contribution in [3.63, 3.8) is 0 Å². The van der Waals surface area contributed by atoms with Crippen LogP contribution in [0.2, 0.25) is 5.02 Å². The summed E-state index contributed by atoms with van der Waals surface area (Å²) in [5, 5.41) is 7.36. The van der Waals surface area contributed by atoms with Gasteiger partial charge in [0.1, 0.15) is 5.76 Å². The van der Waals surface area contributed by atoms with Crippen LogP contribution in [-0.2, 0) is 0 Å². The van der Waals surface area contributed by atoms with Gasteiger partial charge in [-0.05, 0) is 92.8 Å². The Bertz CT molecular complexity index is 903. The second kappa shape index (κ2) is 6.89. The zero-order chi connectivity index (χ0) is 19.3. The predicted octanol–water partition coefficient (Wildman–Crippen LogP) is 5.17. The number of furan rings is 1. The van der Waals surface area contributed by atoms with E-state index in [2.05, 4.69) is 10.6 Å². The molecule has 0 aliphatic heterocycles. The van der Waals surface area contributed by atoms with E-state index in [0.717, 1.165) is 23.3 Å². The Hall–Kier alpha value is -1.85. The lowest BCUT2D eigenvalue weighted by Gasteiger charge is -2.57. The van der Waals surface area contributed by atoms with Crippen molar-refractivity contribution in [1.82, 2.24) is 10.6 Å². The third-order valence-electron chi connectivity index (χ3n) is 6.58. The molecule has 0 saturated heterocycles. The van der Waals surface area contributed by atoms with Crippen molar-refractivity contribution in [2.24, 2.45) is 17.8 Å². The van der Waals surface area contributed by atoms with E-state index in [1.54, 1.807) is 24.3 Å². The Morgan fingerprint density at radius 2 is 1.75 bits per heavy atom. The van der Waals surface area contributed by atoms with Gasteiger partial charge in [-0.15, -0.1) is 0 Å². The molecule has 28 heavy (non-hydrogen) atoms. The molecular formula is C22H23ClN2O2S. The summed E-state index contributed by atoms with van der Waals surface area (Å²) in [6, 6.07) is 10.8. The van der Waals surface area contributed by atoms with Crippen molar-refractivity contribution in [1.29, 1.82) is 0 Å². The van der Waals surface area contributed by atoms with Gasteiger partial charge in [0.25, 0.3) is 5.91 Å². The SMILES string of the molecule is O=C(NC(=S)NC12CC3CC(CC(C3)C1)C2)c1ccc(-c2cccc(Cl)c2)o1. The first kappa shape index (κ1) is 18.2. The fourth-order valence-electron chi connectivity index (χ4n) is 5.96. The molecule has 4 bridgehead atoms. The van der Waals surface area contributed by atoms with Gasteiger partial charge in [0.2, 0.25) is 0 Å². The monoisotopic (exact) mass is 414 g/mol. The summed E-state index contributed by atoms with van der Waals surface area (Å²) in [5.74, 6) is 2.99. The highest BCUT2D eigenvalue weighted by atomic mass is 35.5. The fraction of sp³-hybridized carbons (Fsp3) is 0.455. The second-order valence-corrected chi connectivity index (χ2v) is 9.63. The summed E-state index contributed by atoms with van der Waals surface area (Å²) >= 11 is 11.5. The van der Waals surface area contributed by atoms with E-state index in [1.807, 2.05) is 12.1 Å². The zero-order valence-corrected chi connectivity index (χ0v) is 17.1. The van der Waals surface area contributed by atoms with Crippen molar-refractivity contribution in [3.05, 3.63) is 47.2 Å². The largest absolute Gasteiger partial charge is 0.451 e. The van der Waals surface area contributed by atoms with E-state index >= 15 is 0 Å². The molecular weight excluding hydrogens is 392 g/mol. The molecule has 1 aromatic carbocycles. The van der Waals surface area contributed by atoms with Crippen LogP contribution in [0.15, 0.2) is 40.8 Å². The number of benzene rings is 1. The molecule has 0 unspecified atom stereocenters. The molecule has 1 aromatic heterocycles. The normalized spacial score (nSPS) is 30.2. The maximum atomic E-state index is 12.6. The van der Waals surface area contributed by atoms with E-state index in [-0.39, 0.29) is 17.2 Å². The van der Waals surface area contributed by atoms with E-state index in [1.165, 1.54) is 38.5 Å². The van der Waals surface area contributed by atoms with Crippen LogP contribution in [0.3, 0.4) is 0 Å². The molecule has 0 spiro atoms.